The topological polar surface area (TPSA) is 69.9 Å². The molecule has 322 valence electrons. The van der Waals surface area contributed by atoms with E-state index in [-0.39, 0.29) is 75.1 Å². The zero-order chi connectivity index (χ0) is 55.9. The van der Waals surface area contributed by atoms with Gasteiger partial charge in [0.15, 0.2) is 17.5 Å². The Kier molecular flexibility index (Phi) is 6.47. The average molecular weight is 895 g/mol. The van der Waals surface area contributed by atoms with Crippen molar-refractivity contribution in [3.63, 3.8) is 0 Å². The lowest BCUT2D eigenvalue weighted by atomic mass is 9.98. The van der Waals surface area contributed by atoms with Crippen molar-refractivity contribution in [3.8, 4) is 73.2 Å². The van der Waals surface area contributed by atoms with Crippen molar-refractivity contribution in [2.75, 3.05) is 0 Å². The minimum Gasteiger partial charge on any atom is -0.455 e. The summed E-state index contributed by atoms with van der Waals surface area (Å²) in [6.07, 6.45) is 0. The fourth-order valence-corrected chi connectivity index (χ4v) is 9.49. The maximum atomic E-state index is 9.23. The first-order chi connectivity index (χ1) is 39.2. The Balaban J connectivity index is 0.947. The van der Waals surface area contributed by atoms with Crippen LogP contribution in [0.5, 0.6) is 0 Å². The monoisotopic (exact) mass is 894 g/mol. The van der Waals surface area contributed by atoms with Gasteiger partial charge >= 0.3 is 0 Å². The molecule has 0 unspecified atom stereocenters. The minimum atomic E-state index is -0.522. The first-order valence-corrected chi connectivity index (χ1v) is 22.2. The van der Waals surface area contributed by atoms with Crippen LogP contribution in [0.25, 0.3) is 139 Å². The first-order valence-electron chi connectivity index (χ1n) is 28.2. The third-order valence-electron chi connectivity index (χ3n) is 12.7. The highest BCUT2D eigenvalue weighted by Crippen LogP contribution is 2.42. The van der Waals surface area contributed by atoms with E-state index < -0.39 is 42.3 Å². The molecular formula is C63H38N4O2. The van der Waals surface area contributed by atoms with Gasteiger partial charge in [-0.1, -0.05) is 182 Å². The lowest BCUT2D eigenvalue weighted by Crippen LogP contribution is -2.03. The summed E-state index contributed by atoms with van der Waals surface area (Å²) in [5, 5.41) is 3.93. The van der Waals surface area contributed by atoms with Crippen LogP contribution in [0.2, 0.25) is 0 Å². The molecule has 6 heteroatoms. The molecule has 4 heterocycles. The molecule has 0 spiro atoms. The molecule has 0 amide bonds. The summed E-state index contributed by atoms with van der Waals surface area (Å²) >= 11 is 0. The summed E-state index contributed by atoms with van der Waals surface area (Å²) in [4.78, 5) is 15.3. The largest absolute Gasteiger partial charge is 0.455 e. The van der Waals surface area contributed by atoms with Gasteiger partial charge in [-0.2, -0.15) is 0 Å². The maximum absolute atomic E-state index is 9.23. The molecule has 0 aliphatic carbocycles. The Labute approximate surface area is 412 Å². The van der Waals surface area contributed by atoms with Crippen LogP contribution in [0, 0.1) is 0 Å². The van der Waals surface area contributed by atoms with Gasteiger partial charge in [0.25, 0.3) is 0 Å². The molecule has 6 nitrogen and oxygen atoms in total. The van der Waals surface area contributed by atoms with Crippen LogP contribution in [-0.4, -0.2) is 19.5 Å². The van der Waals surface area contributed by atoms with Gasteiger partial charge in [-0.25, -0.2) is 15.0 Å². The molecule has 69 heavy (non-hydrogen) atoms. The van der Waals surface area contributed by atoms with E-state index in [0.29, 0.717) is 39.1 Å². The van der Waals surface area contributed by atoms with Gasteiger partial charge in [-0.05, 0) is 70.7 Å². The highest BCUT2D eigenvalue weighted by atomic mass is 16.3. The molecule has 0 N–H and O–H groups in total. The van der Waals surface area contributed by atoms with Crippen molar-refractivity contribution >= 4 is 65.7 Å². The molecule has 0 fully saturated rings. The number of furan rings is 2. The molecule has 14 aromatic rings. The van der Waals surface area contributed by atoms with Gasteiger partial charge in [0.2, 0.25) is 0 Å². The fraction of sp³-hybridized carbons (Fsp3) is 0. The van der Waals surface area contributed by atoms with Crippen molar-refractivity contribution in [1.29, 1.82) is 0 Å². The van der Waals surface area contributed by atoms with E-state index in [2.05, 4.69) is 24.3 Å². The molecule has 0 aliphatic heterocycles. The predicted molar refractivity (Wildman–Crippen MR) is 281 cm³/mol. The van der Waals surface area contributed by atoms with Crippen LogP contribution in [0.4, 0.5) is 0 Å². The van der Waals surface area contributed by atoms with E-state index in [1.165, 1.54) is 10.6 Å². The second-order valence-electron chi connectivity index (χ2n) is 16.6. The quantitative estimate of drug-likeness (QED) is 0.159. The molecule has 0 saturated heterocycles. The zero-order valence-corrected chi connectivity index (χ0v) is 36.1. The predicted octanol–water partition coefficient (Wildman–Crippen LogP) is 16.8. The van der Waals surface area contributed by atoms with Crippen molar-refractivity contribution in [3.05, 3.63) is 230 Å². The third kappa shape index (κ3) is 6.38. The molecule has 0 bridgehead atoms. The molecule has 4 aromatic heterocycles. The normalized spacial score (nSPS) is 14.2. The van der Waals surface area contributed by atoms with E-state index >= 15 is 0 Å². The summed E-state index contributed by atoms with van der Waals surface area (Å²) in [6.45, 7) is 0. The summed E-state index contributed by atoms with van der Waals surface area (Å²) < 4.78 is 119. The Bertz CT molecular complexity index is 5020. The fourth-order valence-electron chi connectivity index (χ4n) is 9.49. The van der Waals surface area contributed by atoms with Crippen molar-refractivity contribution in [1.82, 2.24) is 19.5 Å². The number of hydrogen-bond donors (Lipinski definition) is 0. The van der Waals surface area contributed by atoms with E-state index in [9.17, 15) is 2.74 Å². The Morgan fingerprint density at radius 3 is 1.72 bits per heavy atom. The van der Waals surface area contributed by atoms with Gasteiger partial charge < -0.3 is 13.4 Å². The number of hydrogen-bond acceptors (Lipinski definition) is 5. The van der Waals surface area contributed by atoms with Crippen molar-refractivity contribution in [2.45, 2.75) is 0 Å². The van der Waals surface area contributed by atoms with Crippen LogP contribution in [-0.2, 0) is 0 Å². The number of nitrogens with zero attached hydrogens (tertiary/aromatic N) is 4. The summed E-state index contributed by atoms with van der Waals surface area (Å²) in [5.74, 6) is 0.555. The molecule has 0 radical (unpaired) electrons. The molecule has 0 atom stereocenters. The van der Waals surface area contributed by atoms with Gasteiger partial charge in [-0.3, -0.25) is 0 Å². The standard InChI is InChI=1S/C63H38N4O2/c1-2-15-39(16-3-1)40-31-33-41(34-32-40)61-64-62(66-63(65-61)52-22-6-10-29-56(52)67-54-27-8-4-19-47(54)48-20-5-9-28-55(48)67)44-18-12-17-42(37-44)45-23-14-26-51-53-38-43(35-36-58(53)69-60(45)51)46-24-13-25-50-49-21-7-11-30-57(49)68-59(46)50/h1-38H/i1D,2D,3D,4D,5D,8D,15D,16D,19D,20D,27D,28D. The maximum Gasteiger partial charge on any atom is 0.166 e. The summed E-state index contributed by atoms with van der Waals surface area (Å²) in [5.41, 5.74) is 8.76. The number of fused-ring (bicyclic) bond motifs is 9. The summed E-state index contributed by atoms with van der Waals surface area (Å²) in [6, 6.07) is 44.1. The Morgan fingerprint density at radius 2 is 0.899 bits per heavy atom. The average Bonchev–Trinajstić information content (AvgIpc) is 3.56. The van der Waals surface area contributed by atoms with E-state index in [1.54, 1.807) is 48.5 Å². The molecule has 0 saturated carbocycles. The SMILES string of the molecule is [2H]c1cc([2H])c2c(c1[2H])c1c([2H])c([2H])c([2H])c([2H])c1n2-c1ccccc1-c1nc(-c2ccc(-c3c([2H])c([2H])c([2H])c([2H])c3[2H])cc2)nc(-c2cccc(-c3cccc4c3oc3ccc(-c5cccc6c5oc5ccccc56)cc34)c2)n1. The second-order valence-corrected chi connectivity index (χ2v) is 16.6. The molecule has 14 rings (SSSR count). The molecular weight excluding hydrogens is 845 g/mol. The highest BCUT2D eigenvalue weighted by molar-refractivity contribution is 6.13. The Morgan fingerprint density at radius 1 is 0.333 bits per heavy atom. The number of rotatable bonds is 7. The van der Waals surface area contributed by atoms with E-state index in [0.717, 1.165) is 55.0 Å². The van der Waals surface area contributed by atoms with Crippen molar-refractivity contribution in [2.24, 2.45) is 0 Å². The lowest BCUT2D eigenvalue weighted by Gasteiger charge is -2.15. The number of aromatic nitrogens is 4. The Hall–Kier alpha value is -9.39. The van der Waals surface area contributed by atoms with Gasteiger partial charge in [0, 0.05) is 60.1 Å². The molecule has 0 aliphatic rings. The second kappa shape index (κ2) is 15.6. The van der Waals surface area contributed by atoms with Crippen LogP contribution in [0.1, 0.15) is 16.4 Å². The van der Waals surface area contributed by atoms with Gasteiger partial charge in [-0.15, -0.1) is 0 Å². The number of benzene rings is 10. The number of para-hydroxylation sites is 6. The van der Waals surface area contributed by atoms with Crippen LogP contribution in [0.15, 0.2) is 239 Å². The van der Waals surface area contributed by atoms with Crippen LogP contribution in [0.3, 0.4) is 0 Å². The van der Waals surface area contributed by atoms with E-state index in [1.807, 2.05) is 78.9 Å². The first kappa shape index (κ1) is 28.6. The van der Waals surface area contributed by atoms with E-state index in [4.69, 9.17) is 37.5 Å². The zero-order valence-electron chi connectivity index (χ0n) is 48.1. The lowest BCUT2D eigenvalue weighted by molar-refractivity contribution is 0.669. The van der Waals surface area contributed by atoms with Crippen molar-refractivity contribution < 1.29 is 25.3 Å². The highest BCUT2D eigenvalue weighted by Gasteiger charge is 2.21. The molecule has 10 aromatic carbocycles. The van der Waals surface area contributed by atoms with Gasteiger partial charge in [0.05, 0.1) is 33.2 Å². The van der Waals surface area contributed by atoms with Gasteiger partial charge in [0.1, 0.15) is 22.3 Å². The third-order valence-corrected chi connectivity index (χ3v) is 12.7. The van der Waals surface area contributed by atoms with Crippen LogP contribution < -0.4 is 0 Å². The smallest absolute Gasteiger partial charge is 0.166 e. The summed E-state index contributed by atoms with van der Waals surface area (Å²) in [7, 11) is 0. The van der Waals surface area contributed by atoms with Crippen LogP contribution >= 0.6 is 0 Å². The minimum absolute atomic E-state index is 0.000970.